The minimum absolute atomic E-state index is 1.20. The molecule has 11 rings (SSSR count). The Hall–Kier alpha value is -7.28. The molecule has 56 heavy (non-hydrogen) atoms. The van der Waals surface area contributed by atoms with E-state index >= 15 is 0 Å². The van der Waals surface area contributed by atoms with Crippen molar-refractivity contribution < 1.29 is 0 Å². The molecule has 0 nitrogen and oxygen atoms in total. The molecule has 0 saturated heterocycles. The number of fused-ring (bicyclic) bond motifs is 10. The van der Waals surface area contributed by atoms with E-state index in [-0.39, 0.29) is 0 Å². The van der Waals surface area contributed by atoms with Crippen molar-refractivity contribution in [3.8, 4) is 89.0 Å². The van der Waals surface area contributed by atoms with Gasteiger partial charge in [0.25, 0.3) is 0 Å². The SMILES string of the molecule is c1ccc(-c2ccc(-c3c4ccccc4c(-c4cccc(-c5ccc6c(c5)-c5ccccc5-c5ccccc5-c5ccccc5-6)c4)c4ccccc34)cc2)cc1. The maximum absolute atomic E-state index is 2.41. The maximum atomic E-state index is 2.41. The highest BCUT2D eigenvalue weighted by Crippen LogP contribution is 2.49. The van der Waals surface area contributed by atoms with Crippen LogP contribution in [0, 0.1) is 0 Å². The molecule has 0 radical (unpaired) electrons. The van der Waals surface area contributed by atoms with Crippen LogP contribution in [0.25, 0.3) is 111 Å². The lowest BCUT2D eigenvalue weighted by molar-refractivity contribution is 1.51. The minimum Gasteiger partial charge on any atom is -0.0622 e. The standard InChI is InChI=1S/C56H36/c1-2-15-37(16-3-1)38-29-31-39(32-30-38)55-50-25-10-12-27-52(50)56(53-28-13-11-26-51(53)55)42-18-14-17-40(35-42)41-33-34-49-47-23-7-6-21-45(47)43-19-4-5-20-44(43)46-22-8-9-24-48(46)54(49)36-41/h1-36H. The number of rotatable bonds is 4. The molecule has 10 aromatic carbocycles. The third kappa shape index (κ3) is 5.22. The van der Waals surface area contributed by atoms with Crippen molar-refractivity contribution in [1.29, 1.82) is 0 Å². The highest BCUT2D eigenvalue weighted by atomic mass is 14.3. The molecule has 0 heterocycles. The molecule has 260 valence electrons. The zero-order chi connectivity index (χ0) is 37.0. The van der Waals surface area contributed by atoms with Crippen LogP contribution in [0.2, 0.25) is 0 Å². The Labute approximate surface area is 327 Å². The molecule has 0 N–H and O–H groups in total. The third-order valence-corrected chi connectivity index (χ3v) is 11.7. The highest BCUT2D eigenvalue weighted by molar-refractivity contribution is 6.21. The largest absolute Gasteiger partial charge is 0.0622 e. The predicted octanol–water partition coefficient (Wildman–Crippen LogP) is 15.6. The van der Waals surface area contributed by atoms with E-state index in [9.17, 15) is 0 Å². The molecular formula is C56H36. The summed E-state index contributed by atoms with van der Waals surface area (Å²) in [6.45, 7) is 0. The van der Waals surface area contributed by atoms with Gasteiger partial charge in [0, 0.05) is 0 Å². The summed E-state index contributed by atoms with van der Waals surface area (Å²) >= 11 is 0. The summed E-state index contributed by atoms with van der Waals surface area (Å²) in [5, 5.41) is 5.03. The molecule has 10 aromatic rings. The summed E-state index contributed by atoms with van der Waals surface area (Å²) in [6.07, 6.45) is 0. The number of benzene rings is 10. The predicted molar refractivity (Wildman–Crippen MR) is 238 cm³/mol. The first-order valence-corrected chi connectivity index (χ1v) is 19.4. The lowest BCUT2D eigenvalue weighted by Gasteiger charge is -2.23. The first-order chi connectivity index (χ1) is 27.8. The van der Waals surface area contributed by atoms with Crippen molar-refractivity contribution in [2.75, 3.05) is 0 Å². The number of hydrogen-bond acceptors (Lipinski definition) is 0. The topological polar surface area (TPSA) is 0 Å². The van der Waals surface area contributed by atoms with E-state index in [1.807, 2.05) is 0 Å². The molecule has 1 aliphatic carbocycles. The van der Waals surface area contributed by atoms with Crippen molar-refractivity contribution in [3.05, 3.63) is 218 Å². The van der Waals surface area contributed by atoms with Gasteiger partial charge in [-0.15, -0.1) is 0 Å². The molecule has 0 atom stereocenters. The summed E-state index contributed by atoms with van der Waals surface area (Å²) in [5.41, 5.74) is 19.9. The fourth-order valence-electron chi connectivity index (χ4n) is 9.10. The van der Waals surface area contributed by atoms with Crippen LogP contribution in [0.1, 0.15) is 0 Å². The van der Waals surface area contributed by atoms with Crippen LogP contribution in [0.15, 0.2) is 218 Å². The Morgan fingerprint density at radius 3 is 1.00 bits per heavy atom. The molecule has 0 unspecified atom stereocenters. The fraction of sp³-hybridized carbons (Fsp3) is 0. The van der Waals surface area contributed by atoms with Gasteiger partial charge in [-0.3, -0.25) is 0 Å². The second kappa shape index (κ2) is 13.2. The summed E-state index contributed by atoms with van der Waals surface area (Å²) in [7, 11) is 0. The minimum atomic E-state index is 1.20. The van der Waals surface area contributed by atoms with Crippen LogP contribution >= 0.6 is 0 Å². The summed E-state index contributed by atoms with van der Waals surface area (Å²) in [5.74, 6) is 0. The van der Waals surface area contributed by atoms with Crippen LogP contribution in [-0.2, 0) is 0 Å². The van der Waals surface area contributed by atoms with Crippen molar-refractivity contribution in [3.63, 3.8) is 0 Å². The fourth-order valence-corrected chi connectivity index (χ4v) is 9.10. The van der Waals surface area contributed by atoms with Crippen LogP contribution in [0.4, 0.5) is 0 Å². The van der Waals surface area contributed by atoms with Gasteiger partial charge in [0.05, 0.1) is 0 Å². The quantitative estimate of drug-likeness (QED) is 0.160. The zero-order valence-corrected chi connectivity index (χ0v) is 30.8. The molecule has 1 aliphatic rings. The van der Waals surface area contributed by atoms with Gasteiger partial charge < -0.3 is 0 Å². The van der Waals surface area contributed by atoms with Gasteiger partial charge in [-0.1, -0.05) is 206 Å². The first-order valence-electron chi connectivity index (χ1n) is 19.4. The van der Waals surface area contributed by atoms with Crippen molar-refractivity contribution in [1.82, 2.24) is 0 Å². The molecule has 0 bridgehead atoms. The Kier molecular flexibility index (Phi) is 7.60. The molecule has 0 fully saturated rings. The van der Waals surface area contributed by atoms with Crippen molar-refractivity contribution in [2.24, 2.45) is 0 Å². The molecule has 0 aliphatic heterocycles. The molecule has 0 spiro atoms. The van der Waals surface area contributed by atoms with E-state index in [0.717, 1.165) is 0 Å². The summed E-state index contributed by atoms with van der Waals surface area (Å²) in [4.78, 5) is 0. The van der Waals surface area contributed by atoms with Gasteiger partial charge in [0.15, 0.2) is 0 Å². The summed E-state index contributed by atoms with van der Waals surface area (Å²) in [6, 6.07) is 80.4. The van der Waals surface area contributed by atoms with Crippen LogP contribution < -0.4 is 0 Å². The van der Waals surface area contributed by atoms with Gasteiger partial charge in [-0.25, -0.2) is 0 Å². The lowest BCUT2D eigenvalue weighted by atomic mass is 9.80. The van der Waals surface area contributed by atoms with E-state index in [0.29, 0.717) is 0 Å². The van der Waals surface area contributed by atoms with Gasteiger partial charge >= 0.3 is 0 Å². The Bertz CT molecular complexity index is 3050. The molecule has 0 aromatic heterocycles. The van der Waals surface area contributed by atoms with Gasteiger partial charge in [0.1, 0.15) is 0 Å². The van der Waals surface area contributed by atoms with Crippen LogP contribution in [0.3, 0.4) is 0 Å². The molecule has 0 amide bonds. The second-order valence-electron chi connectivity index (χ2n) is 14.8. The summed E-state index contributed by atoms with van der Waals surface area (Å²) < 4.78 is 0. The maximum Gasteiger partial charge on any atom is -0.00262 e. The zero-order valence-electron chi connectivity index (χ0n) is 30.8. The van der Waals surface area contributed by atoms with E-state index in [2.05, 4.69) is 218 Å². The lowest BCUT2D eigenvalue weighted by Crippen LogP contribution is -1.97. The molecular weight excluding hydrogens is 673 g/mol. The highest BCUT2D eigenvalue weighted by Gasteiger charge is 2.22. The van der Waals surface area contributed by atoms with E-state index < -0.39 is 0 Å². The van der Waals surface area contributed by atoms with E-state index in [1.54, 1.807) is 0 Å². The normalized spacial score (nSPS) is 11.6. The van der Waals surface area contributed by atoms with Crippen LogP contribution in [0.5, 0.6) is 0 Å². The molecule has 0 heteroatoms. The van der Waals surface area contributed by atoms with Gasteiger partial charge in [-0.2, -0.15) is 0 Å². The van der Waals surface area contributed by atoms with Crippen molar-refractivity contribution >= 4 is 21.5 Å². The second-order valence-corrected chi connectivity index (χ2v) is 14.8. The molecule has 0 saturated carbocycles. The average molecular weight is 709 g/mol. The Balaban J connectivity index is 1.08. The van der Waals surface area contributed by atoms with Crippen LogP contribution in [-0.4, -0.2) is 0 Å². The van der Waals surface area contributed by atoms with Gasteiger partial charge in [-0.05, 0) is 123 Å². The Morgan fingerprint density at radius 1 is 0.161 bits per heavy atom. The van der Waals surface area contributed by atoms with E-state index in [4.69, 9.17) is 0 Å². The number of hydrogen-bond donors (Lipinski definition) is 0. The first kappa shape index (κ1) is 32.2. The Morgan fingerprint density at radius 2 is 0.482 bits per heavy atom. The monoisotopic (exact) mass is 708 g/mol. The van der Waals surface area contributed by atoms with Crippen molar-refractivity contribution in [2.45, 2.75) is 0 Å². The van der Waals surface area contributed by atoms with Gasteiger partial charge in [0.2, 0.25) is 0 Å². The smallest absolute Gasteiger partial charge is 0.00262 e. The van der Waals surface area contributed by atoms with E-state index in [1.165, 1.54) is 111 Å². The third-order valence-electron chi connectivity index (χ3n) is 11.7. The average Bonchev–Trinajstić information content (AvgIpc) is 3.28.